The fourth-order valence-corrected chi connectivity index (χ4v) is 7.03. The number of carbonyl (C=O) groups is 3. The van der Waals surface area contributed by atoms with Crippen molar-refractivity contribution in [2.75, 3.05) is 0 Å². The number of hydrogen-bond acceptors (Lipinski definition) is 6. The normalized spacial score (nSPS) is 29.6. The number of allylic oxidation sites excluding steroid dienone is 1. The number of phenolic OH excluding ortho intramolecular Hbond substituents is 1. The molecule has 3 aliphatic carbocycles. The zero-order valence-corrected chi connectivity index (χ0v) is 21.2. The Morgan fingerprint density at radius 2 is 1.56 bits per heavy atom. The van der Waals surface area contributed by atoms with E-state index in [9.17, 15) is 29.7 Å². The fourth-order valence-electron chi connectivity index (χ4n) is 7.03. The Kier molecular flexibility index (Phi) is 5.04. The van der Waals surface area contributed by atoms with Gasteiger partial charge in [-0.25, -0.2) is 0 Å². The van der Waals surface area contributed by atoms with Gasteiger partial charge in [-0.1, -0.05) is 55.3 Å². The first-order valence-corrected chi connectivity index (χ1v) is 12.1. The van der Waals surface area contributed by atoms with Crippen LogP contribution in [0, 0.1) is 17.8 Å². The molecule has 0 unspecified atom stereocenters. The number of rotatable bonds is 2. The van der Waals surface area contributed by atoms with Gasteiger partial charge >= 0.3 is 0 Å². The number of phenols is 1. The van der Waals surface area contributed by atoms with Crippen molar-refractivity contribution in [1.82, 2.24) is 0 Å². The molecule has 0 aliphatic heterocycles. The van der Waals surface area contributed by atoms with Gasteiger partial charge in [0.05, 0.1) is 11.1 Å². The van der Waals surface area contributed by atoms with Crippen molar-refractivity contribution in [1.29, 1.82) is 0 Å². The molecular weight excluding hydrogens is 456 g/mol. The number of benzene rings is 2. The molecular formula is C30H30O6. The van der Waals surface area contributed by atoms with Gasteiger partial charge in [-0.3, -0.25) is 14.4 Å². The van der Waals surface area contributed by atoms with Crippen LogP contribution in [0.3, 0.4) is 0 Å². The van der Waals surface area contributed by atoms with E-state index in [1.807, 2.05) is 38.1 Å². The van der Waals surface area contributed by atoms with Crippen molar-refractivity contribution in [3.63, 3.8) is 0 Å². The first kappa shape index (κ1) is 24.2. The molecule has 0 radical (unpaired) electrons. The van der Waals surface area contributed by atoms with Gasteiger partial charge < -0.3 is 15.3 Å². The molecule has 1 fully saturated rings. The van der Waals surface area contributed by atoms with E-state index in [1.165, 1.54) is 13.0 Å². The lowest BCUT2D eigenvalue weighted by molar-refractivity contribution is -0.171. The van der Waals surface area contributed by atoms with Crippen LogP contribution in [0.4, 0.5) is 0 Å². The Balaban J connectivity index is 1.76. The Labute approximate surface area is 210 Å². The number of fused-ring (bicyclic) bond motifs is 3. The van der Waals surface area contributed by atoms with Crippen molar-refractivity contribution in [2.24, 2.45) is 10.8 Å². The van der Waals surface area contributed by atoms with E-state index >= 15 is 0 Å². The largest absolute Gasteiger partial charge is 0.507 e. The Bertz CT molecular complexity index is 1440. The van der Waals surface area contributed by atoms with Crippen molar-refractivity contribution in [3.8, 4) is 16.9 Å². The van der Waals surface area contributed by atoms with E-state index in [1.54, 1.807) is 19.9 Å². The number of Topliss-reactive ketones (excluding diaryl/α,β-unsaturated/α-hetero) is 3. The molecule has 0 spiro atoms. The topological polar surface area (TPSA) is 112 Å². The first-order valence-electron chi connectivity index (χ1n) is 12.1. The van der Waals surface area contributed by atoms with Crippen molar-refractivity contribution in [3.05, 3.63) is 69.8 Å². The van der Waals surface area contributed by atoms with Crippen LogP contribution in [0.2, 0.25) is 0 Å². The fraction of sp³-hybridized carbons (Fsp3) is 0.367. The molecule has 186 valence electrons. The highest BCUT2D eigenvalue weighted by atomic mass is 16.3. The van der Waals surface area contributed by atoms with E-state index in [0.717, 1.165) is 16.7 Å². The summed E-state index contributed by atoms with van der Waals surface area (Å²) < 4.78 is 0. The molecule has 0 amide bonds. The highest BCUT2D eigenvalue weighted by Crippen LogP contribution is 2.62. The van der Waals surface area contributed by atoms with Crippen molar-refractivity contribution >= 4 is 23.1 Å². The predicted molar refractivity (Wildman–Crippen MR) is 135 cm³/mol. The van der Waals surface area contributed by atoms with Crippen LogP contribution in [0.15, 0.2) is 53.1 Å². The number of aryl methyl sites for hydroxylation is 1. The van der Waals surface area contributed by atoms with Gasteiger partial charge in [-0.2, -0.15) is 0 Å². The van der Waals surface area contributed by atoms with E-state index in [0.29, 0.717) is 17.6 Å². The third-order valence-electron chi connectivity index (χ3n) is 8.50. The van der Waals surface area contributed by atoms with Crippen LogP contribution in [-0.2, 0) is 20.8 Å². The maximum Gasteiger partial charge on any atom is 0.206 e. The summed E-state index contributed by atoms with van der Waals surface area (Å²) in [6.07, 6.45) is 0.767. The summed E-state index contributed by atoms with van der Waals surface area (Å²) in [6.45, 7) is 8.50. The second-order valence-electron chi connectivity index (χ2n) is 11.3. The van der Waals surface area contributed by atoms with E-state index in [-0.39, 0.29) is 35.3 Å². The monoisotopic (exact) mass is 486 g/mol. The highest BCUT2D eigenvalue weighted by molar-refractivity contribution is 6.33. The standard InChI is InChI=1S/C30H30O6/c1-15-6-8-18(9-7-15)19-10-11-21(32)23-20(19)13-28(4)14-29(5)12-16(2)22(17(3)31)26(34)30(29,36)27(35)24(28)25(23)33/h6-11,32-33,36H,12-14H2,1-5H3/t28-,29+,30+/m1/s1. The molecule has 3 atom stereocenters. The van der Waals surface area contributed by atoms with Crippen molar-refractivity contribution in [2.45, 2.75) is 59.5 Å². The molecule has 0 bridgehead atoms. The van der Waals surface area contributed by atoms with Crippen LogP contribution >= 0.6 is 0 Å². The molecule has 0 aromatic heterocycles. The minimum absolute atomic E-state index is 0.0675. The lowest BCUT2D eigenvalue weighted by Crippen LogP contribution is -2.67. The van der Waals surface area contributed by atoms with Gasteiger partial charge in [-0.05, 0) is 62.8 Å². The summed E-state index contributed by atoms with van der Waals surface area (Å²) in [5, 5.41) is 34.0. The molecule has 2 aromatic rings. The molecule has 5 rings (SSSR count). The molecule has 3 aliphatic rings. The third-order valence-corrected chi connectivity index (χ3v) is 8.50. The number of aliphatic hydroxyl groups is 2. The Morgan fingerprint density at radius 1 is 0.917 bits per heavy atom. The quantitative estimate of drug-likeness (QED) is 0.416. The van der Waals surface area contributed by atoms with Gasteiger partial charge in [0.25, 0.3) is 0 Å². The molecule has 0 heterocycles. The lowest BCUT2D eigenvalue weighted by Gasteiger charge is -2.56. The first-order chi connectivity index (χ1) is 16.7. The average Bonchev–Trinajstić information content (AvgIpc) is 2.76. The number of aromatic hydroxyl groups is 1. The molecule has 6 nitrogen and oxygen atoms in total. The van der Waals surface area contributed by atoms with Gasteiger partial charge in [0.15, 0.2) is 11.4 Å². The second kappa shape index (κ2) is 7.50. The zero-order valence-electron chi connectivity index (χ0n) is 21.2. The molecule has 1 saturated carbocycles. The van der Waals surface area contributed by atoms with Gasteiger partial charge in [-0.15, -0.1) is 0 Å². The second-order valence-corrected chi connectivity index (χ2v) is 11.3. The zero-order chi connectivity index (χ0) is 26.4. The number of ketones is 3. The van der Waals surface area contributed by atoms with Crippen LogP contribution in [-0.4, -0.2) is 38.3 Å². The SMILES string of the molecule is CC(=O)C1=C(C)C[C@@]2(C)C[C@@]3(C)Cc4c(-c5ccc(C)cc5)ccc(O)c4C(O)=C3C(=O)[C@@]2(O)C1=O. The average molecular weight is 487 g/mol. The lowest BCUT2D eigenvalue weighted by atomic mass is 9.46. The number of aliphatic hydroxyl groups excluding tert-OH is 1. The minimum atomic E-state index is -2.47. The summed E-state index contributed by atoms with van der Waals surface area (Å²) in [5.41, 5.74) is -0.496. The minimum Gasteiger partial charge on any atom is -0.507 e. The summed E-state index contributed by atoms with van der Waals surface area (Å²) in [5.74, 6) is -2.90. The van der Waals surface area contributed by atoms with Crippen LogP contribution < -0.4 is 0 Å². The van der Waals surface area contributed by atoms with Crippen LogP contribution in [0.1, 0.15) is 57.2 Å². The molecule has 3 N–H and O–H groups in total. The van der Waals surface area contributed by atoms with Gasteiger partial charge in [0.1, 0.15) is 11.5 Å². The number of hydrogen-bond donors (Lipinski definition) is 3. The molecule has 0 saturated heterocycles. The molecule has 36 heavy (non-hydrogen) atoms. The molecule has 6 heteroatoms. The highest BCUT2D eigenvalue weighted by Gasteiger charge is 2.69. The maximum absolute atomic E-state index is 14.0. The Morgan fingerprint density at radius 3 is 2.17 bits per heavy atom. The summed E-state index contributed by atoms with van der Waals surface area (Å²) in [6, 6.07) is 11.2. The van der Waals surface area contributed by atoms with Gasteiger partial charge in [0.2, 0.25) is 11.6 Å². The van der Waals surface area contributed by atoms with E-state index in [2.05, 4.69) is 0 Å². The van der Waals surface area contributed by atoms with E-state index < -0.39 is 39.5 Å². The summed E-state index contributed by atoms with van der Waals surface area (Å²) in [4.78, 5) is 39.8. The Hall–Kier alpha value is -3.51. The van der Waals surface area contributed by atoms with Crippen LogP contribution in [0.25, 0.3) is 16.9 Å². The predicted octanol–water partition coefficient (Wildman–Crippen LogP) is 4.79. The van der Waals surface area contributed by atoms with E-state index in [4.69, 9.17) is 0 Å². The van der Waals surface area contributed by atoms with Crippen LogP contribution in [0.5, 0.6) is 5.75 Å². The smallest absolute Gasteiger partial charge is 0.206 e. The summed E-state index contributed by atoms with van der Waals surface area (Å²) >= 11 is 0. The van der Waals surface area contributed by atoms with Gasteiger partial charge in [0, 0.05) is 16.4 Å². The third kappa shape index (κ3) is 2.97. The van der Waals surface area contributed by atoms with Crippen molar-refractivity contribution < 1.29 is 29.7 Å². The summed E-state index contributed by atoms with van der Waals surface area (Å²) in [7, 11) is 0. The maximum atomic E-state index is 14.0. The number of carbonyl (C=O) groups excluding carboxylic acids is 3. The molecule has 2 aromatic carbocycles.